The van der Waals surface area contributed by atoms with Gasteiger partial charge in [0, 0.05) is 11.4 Å². The highest BCUT2D eigenvalue weighted by molar-refractivity contribution is 6.40. The minimum Gasteiger partial charge on any atom is -0.456 e. The van der Waals surface area contributed by atoms with Crippen LogP contribution in [0.15, 0.2) is 72.8 Å². The zero-order chi connectivity index (χ0) is 28.6. The van der Waals surface area contributed by atoms with Crippen molar-refractivity contribution in [1.82, 2.24) is 5.32 Å². The Labute approximate surface area is 231 Å². The maximum Gasteiger partial charge on any atom is 0.340 e. The van der Waals surface area contributed by atoms with Gasteiger partial charge >= 0.3 is 17.8 Å². The second-order valence-corrected chi connectivity index (χ2v) is 9.94. The Morgan fingerprint density at radius 3 is 2.23 bits per heavy atom. The first-order valence-electron chi connectivity index (χ1n) is 12.0. The number of nitrogens with one attached hydrogen (secondary N) is 3. The lowest BCUT2D eigenvalue weighted by Crippen LogP contribution is -2.49. The number of esters is 1. The van der Waals surface area contributed by atoms with Crippen LogP contribution in [0.3, 0.4) is 0 Å². The molecule has 1 unspecified atom stereocenters. The number of hydrogen-bond acceptors (Lipinski definition) is 6. The maximum absolute atomic E-state index is 13.4. The lowest BCUT2D eigenvalue weighted by Gasteiger charge is -2.22. The van der Waals surface area contributed by atoms with Gasteiger partial charge in [0.1, 0.15) is 17.7 Å². The number of anilines is 2. The molecular weight excluding hydrogens is 520 g/mol. The third-order valence-electron chi connectivity index (χ3n) is 5.26. The minimum atomic E-state index is -1.19. The smallest absolute Gasteiger partial charge is 0.340 e. The molecule has 3 amide bonds. The number of nitrogens with zero attached hydrogens (tertiary/aromatic N) is 1. The average Bonchev–Trinajstić information content (AvgIpc) is 2.88. The second-order valence-electron chi connectivity index (χ2n) is 9.51. The molecule has 3 aromatic rings. The molecule has 0 saturated heterocycles. The number of amides is 3. The summed E-state index contributed by atoms with van der Waals surface area (Å²) in [6.45, 7) is 5.18. The lowest BCUT2D eigenvalue weighted by atomic mass is 10.0. The number of halogens is 1. The fourth-order valence-electron chi connectivity index (χ4n) is 3.50. The fourth-order valence-corrected chi connectivity index (χ4v) is 3.67. The SMILES string of the molecule is CC(C)(C)OC(=O)c1ccccc1NC(=O)C(Cc1ccccc1)NC(=O)C(=O)Nc1cc(Cl)ccc1C#N. The minimum absolute atomic E-state index is 0.0560. The molecule has 0 saturated carbocycles. The van der Waals surface area contributed by atoms with Gasteiger partial charge in [-0.25, -0.2) is 4.79 Å². The highest BCUT2D eigenvalue weighted by atomic mass is 35.5. The van der Waals surface area contributed by atoms with Crippen LogP contribution in [0.25, 0.3) is 0 Å². The maximum atomic E-state index is 13.4. The van der Waals surface area contributed by atoms with Crippen LogP contribution in [0, 0.1) is 11.3 Å². The number of rotatable bonds is 7. The van der Waals surface area contributed by atoms with Gasteiger partial charge in [-0.2, -0.15) is 5.26 Å². The van der Waals surface area contributed by atoms with Crippen molar-refractivity contribution in [1.29, 1.82) is 5.26 Å². The van der Waals surface area contributed by atoms with E-state index in [1.165, 1.54) is 30.3 Å². The van der Waals surface area contributed by atoms with Crippen LogP contribution in [0.4, 0.5) is 11.4 Å². The van der Waals surface area contributed by atoms with Gasteiger partial charge < -0.3 is 20.7 Å². The summed E-state index contributed by atoms with van der Waals surface area (Å²) in [4.78, 5) is 51.6. The monoisotopic (exact) mass is 546 g/mol. The van der Waals surface area contributed by atoms with E-state index in [0.717, 1.165) is 5.56 Å². The second kappa shape index (κ2) is 12.7. The van der Waals surface area contributed by atoms with Crippen LogP contribution in [-0.2, 0) is 25.5 Å². The summed E-state index contributed by atoms with van der Waals surface area (Å²) in [7, 11) is 0. The normalized spacial score (nSPS) is 11.5. The van der Waals surface area contributed by atoms with E-state index in [1.54, 1.807) is 63.2 Å². The molecule has 0 aromatic heterocycles. The number of benzene rings is 3. The van der Waals surface area contributed by atoms with Crippen LogP contribution >= 0.6 is 11.6 Å². The molecule has 3 N–H and O–H groups in total. The molecule has 0 radical (unpaired) electrons. The van der Waals surface area contributed by atoms with Gasteiger partial charge in [-0.1, -0.05) is 54.1 Å². The van der Waals surface area contributed by atoms with Gasteiger partial charge in [0.05, 0.1) is 22.5 Å². The number of para-hydroxylation sites is 1. The molecule has 0 aliphatic heterocycles. The first-order valence-corrected chi connectivity index (χ1v) is 12.3. The van der Waals surface area contributed by atoms with E-state index in [-0.39, 0.29) is 33.9 Å². The highest BCUT2D eigenvalue weighted by Gasteiger charge is 2.27. The van der Waals surface area contributed by atoms with E-state index in [1.807, 2.05) is 6.07 Å². The van der Waals surface area contributed by atoms with E-state index in [2.05, 4.69) is 16.0 Å². The Hall–Kier alpha value is -4.68. The first kappa shape index (κ1) is 28.9. The zero-order valence-electron chi connectivity index (χ0n) is 21.6. The van der Waals surface area contributed by atoms with Gasteiger partial charge in [0.25, 0.3) is 0 Å². The topological polar surface area (TPSA) is 137 Å². The third kappa shape index (κ3) is 8.42. The Bertz CT molecular complexity index is 1430. The molecule has 0 aliphatic carbocycles. The Balaban J connectivity index is 1.82. The van der Waals surface area contributed by atoms with E-state index in [9.17, 15) is 24.4 Å². The summed E-state index contributed by atoms with van der Waals surface area (Å²) in [6.07, 6.45) is 0.0565. The van der Waals surface area contributed by atoms with Gasteiger partial charge in [-0.3, -0.25) is 14.4 Å². The predicted octanol–water partition coefficient (Wildman–Crippen LogP) is 4.47. The van der Waals surface area contributed by atoms with E-state index >= 15 is 0 Å². The van der Waals surface area contributed by atoms with Crippen molar-refractivity contribution in [2.24, 2.45) is 0 Å². The number of nitriles is 1. The number of hydrogen-bond donors (Lipinski definition) is 3. The molecule has 39 heavy (non-hydrogen) atoms. The van der Waals surface area contributed by atoms with Gasteiger partial charge in [-0.15, -0.1) is 0 Å². The molecule has 10 heteroatoms. The van der Waals surface area contributed by atoms with Gasteiger partial charge in [0.2, 0.25) is 5.91 Å². The van der Waals surface area contributed by atoms with Crippen molar-refractivity contribution in [3.63, 3.8) is 0 Å². The molecule has 9 nitrogen and oxygen atoms in total. The Kier molecular flexibility index (Phi) is 9.42. The van der Waals surface area contributed by atoms with Crippen molar-refractivity contribution < 1.29 is 23.9 Å². The number of carbonyl (C=O) groups is 4. The zero-order valence-corrected chi connectivity index (χ0v) is 22.3. The molecule has 1 atom stereocenters. The van der Waals surface area contributed by atoms with E-state index in [4.69, 9.17) is 16.3 Å². The largest absolute Gasteiger partial charge is 0.456 e. The molecule has 0 aliphatic rings. The van der Waals surface area contributed by atoms with Crippen LogP contribution < -0.4 is 16.0 Å². The summed E-state index contributed by atoms with van der Waals surface area (Å²) >= 11 is 5.95. The van der Waals surface area contributed by atoms with Crippen molar-refractivity contribution in [2.75, 3.05) is 10.6 Å². The molecule has 3 rings (SSSR count). The third-order valence-corrected chi connectivity index (χ3v) is 5.50. The highest BCUT2D eigenvalue weighted by Crippen LogP contribution is 2.21. The molecule has 0 bridgehead atoms. The van der Waals surface area contributed by atoms with Crippen LogP contribution in [-0.4, -0.2) is 35.3 Å². The standard InChI is InChI=1S/C29H27ClN4O5/c1-29(2,3)39-28(38)21-11-7-8-12-22(21)32-25(35)24(15-18-9-5-4-6-10-18)34-27(37)26(36)33-23-16-20(30)14-13-19(23)17-31/h4-14,16,24H,15H2,1-3H3,(H,32,35)(H,33,36)(H,34,37). The number of ether oxygens (including phenoxy) is 1. The molecule has 3 aromatic carbocycles. The van der Waals surface area contributed by atoms with Crippen LogP contribution in [0.1, 0.15) is 42.3 Å². The fraction of sp³-hybridized carbons (Fsp3) is 0.207. The number of carbonyl (C=O) groups excluding carboxylic acids is 4. The van der Waals surface area contributed by atoms with Crippen molar-refractivity contribution in [2.45, 2.75) is 38.8 Å². The van der Waals surface area contributed by atoms with Crippen LogP contribution in [0.5, 0.6) is 0 Å². The molecule has 0 heterocycles. The lowest BCUT2D eigenvalue weighted by molar-refractivity contribution is -0.137. The summed E-state index contributed by atoms with van der Waals surface area (Å²) < 4.78 is 5.44. The first-order chi connectivity index (χ1) is 18.5. The van der Waals surface area contributed by atoms with Crippen molar-refractivity contribution in [3.05, 3.63) is 94.5 Å². The van der Waals surface area contributed by atoms with Crippen LogP contribution in [0.2, 0.25) is 5.02 Å². The van der Waals surface area contributed by atoms with Gasteiger partial charge in [-0.05, 0) is 56.7 Å². The summed E-state index contributed by atoms with van der Waals surface area (Å²) in [5.41, 5.74) is 0.456. The van der Waals surface area contributed by atoms with Crippen molar-refractivity contribution >= 4 is 46.7 Å². The van der Waals surface area contributed by atoms with E-state index in [0.29, 0.717) is 0 Å². The molecule has 200 valence electrons. The average molecular weight is 547 g/mol. The summed E-state index contributed by atoms with van der Waals surface area (Å²) in [6, 6.07) is 20.2. The summed E-state index contributed by atoms with van der Waals surface area (Å²) in [5.74, 6) is -3.48. The summed E-state index contributed by atoms with van der Waals surface area (Å²) in [5, 5.41) is 17.0. The Morgan fingerprint density at radius 1 is 0.897 bits per heavy atom. The molecular formula is C29H27ClN4O5. The Morgan fingerprint density at radius 2 is 1.56 bits per heavy atom. The van der Waals surface area contributed by atoms with E-state index < -0.39 is 35.3 Å². The quantitative estimate of drug-likeness (QED) is 0.295. The van der Waals surface area contributed by atoms with Crippen molar-refractivity contribution in [3.8, 4) is 6.07 Å². The predicted molar refractivity (Wildman–Crippen MR) is 147 cm³/mol. The molecule has 0 fully saturated rings. The molecule has 0 spiro atoms. The van der Waals surface area contributed by atoms with Gasteiger partial charge in [0.15, 0.2) is 0 Å².